The number of aryl methyl sites for hydroxylation is 1. The fourth-order valence-electron chi connectivity index (χ4n) is 1.81. The van der Waals surface area contributed by atoms with E-state index in [0.29, 0.717) is 12.0 Å². The van der Waals surface area contributed by atoms with Crippen LogP contribution in [0.1, 0.15) is 36.2 Å². The van der Waals surface area contributed by atoms with Gasteiger partial charge in [-0.15, -0.1) is 0 Å². The summed E-state index contributed by atoms with van der Waals surface area (Å²) in [6.45, 7) is 5.69. The lowest BCUT2D eigenvalue weighted by atomic mass is 9.86. The molecule has 1 aromatic carbocycles. The van der Waals surface area contributed by atoms with Crippen molar-refractivity contribution in [1.82, 2.24) is 4.90 Å². The third kappa shape index (κ3) is 2.55. The summed E-state index contributed by atoms with van der Waals surface area (Å²) in [5, 5.41) is 0. The summed E-state index contributed by atoms with van der Waals surface area (Å²) < 4.78 is 13.2. The van der Waals surface area contributed by atoms with Gasteiger partial charge in [0, 0.05) is 5.56 Å². The molecule has 0 aliphatic heterocycles. The van der Waals surface area contributed by atoms with Crippen LogP contribution < -0.4 is 0 Å². The first-order valence-corrected chi connectivity index (χ1v) is 5.81. The van der Waals surface area contributed by atoms with E-state index in [-0.39, 0.29) is 11.6 Å². The minimum absolute atomic E-state index is 0.0259. The van der Waals surface area contributed by atoms with E-state index >= 15 is 0 Å². The number of Topliss-reactive ketones (excluding diaryl/α,β-unsaturated/α-hetero) is 1. The van der Waals surface area contributed by atoms with E-state index in [1.165, 1.54) is 12.1 Å². The number of halogens is 1. The number of carbonyl (C=O) groups is 1. The third-order valence-corrected chi connectivity index (χ3v) is 3.61. The molecule has 0 aliphatic carbocycles. The van der Waals surface area contributed by atoms with E-state index in [2.05, 4.69) is 0 Å². The highest BCUT2D eigenvalue weighted by Gasteiger charge is 2.35. The highest BCUT2D eigenvalue weighted by Crippen LogP contribution is 2.24. The SMILES string of the molecule is CCC(C)(C(=O)c1cc(F)ccc1C)N(C)C. The molecule has 0 bridgehead atoms. The largest absolute Gasteiger partial charge is 0.297 e. The van der Waals surface area contributed by atoms with Gasteiger partial charge in [0.1, 0.15) is 5.82 Å². The first kappa shape index (κ1) is 13.8. The Morgan fingerprint density at radius 1 is 1.41 bits per heavy atom. The zero-order valence-corrected chi connectivity index (χ0v) is 11.2. The van der Waals surface area contributed by atoms with Gasteiger partial charge >= 0.3 is 0 Å². The highest BCUT2D eigenvalue weighted by atomic mass is 19.1. The van der Waals surface area contributed by atoms with E-state index in [4.69, 9.17) is 0 Å². The fourth-order valence-corrected chi connectivity index (χ4v) is 1.81. The molecule has 1 atom stereocenters. The molecule has 0 spiro atoms. The number of hydrogen-bond donors (Lipinski definition) is 0. The van der Waals surface area contributed by atoms with Gasteiger partial charge in [-0.3, -0.25) is 9.69 Å². The molecule has 0 N–H and O–H groups in total. The molecule has 1 aromatic rings. The zero-order chi connectivity index (χ0) is 13.2. The van der Waals surface area contributed by atoms with Crippen molar-refractivity contribution in [1.29, 1.82) is 0 Å². The lowest BCUT2D eigenvalue weighted by molar-refractivity contribution is 0.0709. The summed E-state index contributed by atoms with van der Waals surface area (Å²) in [6, 6.07) is 4.36. The maximum atomic E-state index is 13.2. The summed E-state index contributed by atoms with van der Waals surface area (Å²) in [4.78, 5) is 14.4. The van der Waals surface area contributed by atoms with Crippen LogP contribution in [0.3, 0.4) is 0 Å². The standard InChI is InChI=1S/C14H20FNO/c1-6-14(3,16(4)5)13(17)12-9-11(15)8-7-10(12)2/h7-9H,6H2,1-5H3. The molecule has 3 heteroatoms. The Bertz CT molecular complexity index is 428. The zero-order valence-electron chi connectivity index (χ0n) is 11.2. The maximum absolute atomic E-state index is 13.2. The molecule has 0 aromatic heterocycles. The summed E-state index contributed by atoms with van der Waals surface area (Å²) >= 11 is 0. The summed E-state index contributed by atoms with van der Waals surface area (Å²) in [6.07, 6.45) is 0.689. The number of rotatable bonds is 4. The molecule has 17 heavy (non-hydrogen) atoms. The van der Waals surface area contributed by atoms with Gasteiger partial charge in [0.05, 0.1) is 5.54 Å². The Kier molecular flexibility index (Phi) is 4.04. The Labute approximate surface area is 102 Å². The predicted octanol–water partition coefficient (Wildman–Crippen LogP) is 3.05. The summed E-state index contributed by atoms with van der Waals surface area (Å²) in [7, 11) is 3.74. The number of ketones is 1. The lowest BCUT2D eigenvalue weighted by Crippen LogP contribution is -2.48. The normalized spacial score (nSPS) is 14.8. The predicted molar refractivity (Wildman–Crippen MR) is 67.9 cm³/mol. The van der Waals surface area contributed by atoms with E-state index in [0.717, 1.165) is 5.56 Å². The van der Waals surface area contributed by atoms with Gasteiger partial charge in [-0.25, -0.2) is 4.39 Å². The first-order chi connectivity index (χ1) is 7.82. The van der Waals surface area contributed by atoms with Crippen LogP contribution >= 0.6 is 0 Å². The highest BCUT2D eigenvalue weighted by molar-refractivity contribution is 6.04. The van der Waals surface area contributed by atoms with Crippen LogP contribution in [0.5, 0.6) is 0 Å². The van der Waals surface area contributed by atoms with Gasteiger partial charge in [0.2, 0.25) is 0 Å². The molecule has 2 nitrogen and oxygen atoms in total. The summed E-state index contributed by atoms with van der Waals surface area (Å²) in [5.41, 5.74) is 0.708. The summed E-state index contributed by atoms with van der Waals surface area (Å²) in [5.74, 6) is -0.391. The minimum Gasteiger partial charge on any atom is -0.297 e. The number of hydrogen-bond acceptors (Lipinski definition) is 2. The van der Waals surface area contributed by atoms with Gasteiger partial charge in [0.15, 0.2) is 5.78 Å². The number of likely N-dealkylation sites (N-methyl/N-ethyl adjacent to an activating group) is 1. The van der Waals surface area contributed by atoms with Gasteiger partial charge < -0.3 is 0 Å². The molecule has 1 unspecified atom stereocenters. The van der Waals surface area contributed by atoms with E-state index < -0.39 is 5.54 Å². The van der Waals surface area contributed by atoms with Crippen LogP contribution in [-0.2, 0) is 0 Å². The molecule has 0 amide bonds. The Balaban J connectivity index is 3.24. The van der Waals surface area contributed by atoms with Crippen molar-refractivity contribution in [3.05, 3.63) is 35.1 Å². The Hall–Kier alpha value is -1.22. The van der Waals surface area contributed by atoms with Crippen LogP contribution in [-0.4, -0.2) is 30.3 Å². The molecule has 0 heterocycles. The molecular formula is C14H20FNO. The molecule has 1 rings (SSSR count). The van der Waals surface area contributed by atoms with Crippen LogP contribution in [0.2, 0.25) is 0 Å². The van der Waals surface area contributed by atoms with Gasteiger partial charge in [-0.1, -0.05) is 13.0 Å². The van der Waals surface area contributed by atoms with Crippen molar-refractivity contribution in [2.45, 2.75) is 32.7 Å². The number of nitrogens with zero attached hydrogens (tertiary/aromatic N) is 1. The Morgan fingerprint density at radius 2 is 2.00 bits per heavy atom. The molecule has 0 saturated carbocycles. The van der Waals surface area contributed by atoms with E-state index in [9.17, 15) is 9.18 Å². The van der Waals surface area contributed by atoms with Gasteiger partial charge in [0.25, 0.3) is 0 Å². The second kappa shape index (κ2) is 4.96. The molecule has 0 aliphatic rings. The molecule has 0 radical (unpaired) electrons. The van der Waals surface area contributed by atoms with E-state index in [1.54, 1.807) is 6.07 Å². The first-order valence-electron chi connectivity index (χ1n) is 5.81. The van der Waals surface area contributed by atoms with Crippen molar-refractivity contribution >= 4 is 5.78 Å². The van der Waals surface area contributed by atoms with Crippen molar-refractivity contribution < 1.29 is 9.18 Å². The number of benzene rings is 1. The van der Waals surface area contributed by atoms with Crippen molar-refractivity contribution in [3.8, 4) is 0 Å². The van der Waals surface area contributed by atoms with Crippen molar-refractivity contribution in [2.24, 2.45) is 0 Å². The van der Waals surface area contributed by atoms with Crippen LogP contribution in [0.25, 0.3) is 0 Å². The van der Waals surface area contributed by atoms with Gasteiger partial charge in [-0.05, 0) is 52.1 Å². The number of carbonyl (C=O) groups excluding carboxylic acids is 1. The fraction of sp³-hybridized carbons (Fsp3) is 0.500. The van der Waals surface area contributed by atoms with Crippen molar-refractivity contribution in [2.75, 3.05) is 14.1 Å². The van der Waals surface area contributed by atoms with Crippen LogP contribution in [0.15, 0.2) is 18.2 Å². The molecule has 94 valence electrons. The smallest absolute Gasteiger partial charge is 0.183 e. The molecule has 0 saturated heterocycles. The van der Waals surface area contributed by atoms with Crippen LogP contribution in [0.4, 0.5) is 4.39 Å². The quantitative estimate of drug-likeness (QED) is 0.750. The topological polar surface area (TPSA) is 20.3 Å². The lowest BCUT2D eigenvalue weighted by Gasteiger charge is -2.34. The molecule has 0 fully saturated rings. The monoisotopic (exact) mass is 237 g/mol. The van der Waals surface area contributed by atoms with Gasteiger partial charge in [-0.2, -0.15) is 0 Å². The van der Waals surface area contributed by atoms with Crippen LogP contribution in [0, 0.1) is 12.7 Å². The maximum Gasteiger partial charge on any atom is 0.183 e. The molecular weight excluding hydrogens is 217 g/mol. The average molecular weight is 237 g/mol. The van der Waals surface area contributed by atoms with E-state index in [1.807, 2.05) is 39.8 Å². The second-order valence-electron chi connectivity index (χ2n) is 4.81. The second-order valence-corrected chi connectivity index (χ2v) is 4.81. The third-order valence-electron chi connectivity index (χ3n) is 3.61. The van der Waals surface area contributed by atoms with Crippen molar-refractivity contribution in [3.63, 3.8) is 0 Å². The minimum atomic E-state index is -0.585. The Morgan fingerprint density at radius 3 is 2.47 bits per heavy atom. The average Bonchev–Trinajstić information content (AvgIpc) is 2.30.